The van der Waals surface area contributed by atoms with Crippen LogP contribution in [0.25, 0.3) is 5.57 Å². The number of hydrogen-bond acceptors (Lipinski definition) is 4. The highest BCUT2D eigenvalue weighted by molar-refractivity contribution is 6.31. The number of nitrogens with one attached hydrogen (secondary N) is 1. The molecule has 1 atom stereocenters. The average Bonchev–Trinajstić information content (AvgIpc) is 3.06. The Morgan fingerprint density at radius 3 is 2.59 bits per heavy atom. The van der Waals surface area contributed by atoms with Gasteiger partial charge in [-0.25, -0.2) is 4.79 Å². The molecule has 1 unspecified atom stereocenters. The number of rotatable bonds is 3. The van der Waals surface area contributed by atoms with E-state index in [9.17, 15) is 9.59 Å². The van der Waals surface area contributed by atoms with Crippen molar-refractivity contribution in [3.8, 4) is 0 Å². The number of nitrogens with zero attached hydrogens (tertiary/aromatic N) is 2. The third-order valence-corrected chi connectivity index (χ3v) is 5.47. The highest BCUT2D eigenvalue weighted by Gasteiger charge is 2.53. The summed E-state index contributed by atoms with van der Waals surface area (Å²) < 4.78 is 7.43. The molecule has 3 amide bonds. The molecule has 2 aromatic carbocycles. The van der Waals surface area contributed by atoms with Gasteiger partial charge in [0.1, 0.15) is 0 Å². The van der Waals surface area contributed by atoms with Crippen molar-refractivity contribution in [1.82, 2.24) is 4.90 Å². The number of halogens is 1. The minimum absolute atomic E-state index is 0.292. The van der Waals surface area contributed by atoms with Crippen LogP contribution in [0.3, 0.4) is 0 Å². The summed E-state index contributed by atoms with van der Waals surface area (Å²) in [5, 5.41) is 3.87. The van der Waals surface area contributed by atoms with Crippen molar-refractivity contribution in [2.75, 3.05) is 19.4 Å². The highest BCUT2D eigenvalue weighted by Crippen LogP contribution is 2.39. The summed E-state index contributed by atoms with van der Waals surface area (Å²) in [5.74, 6) is -0.354. The lowest BCUT2D eigenvalue weighted by Gasteiger charge is -2.20. The van der Waals surface area contributed by atoms with E-state index in [1.54, 1.807) is 19.2 Å². The lowest BCUT2D eigenvalue weighted by Crippen LogP contribution is -2.51. The number of imide groups is 1. The Kier molecular flexibility index (Phi) is 4.67. The first-order valence-electron chi connectivity index (χ1n) is 9.22. The van der Waals surface area contributed by atoms with Gasteiger partial charge in [-0.2, -0.15) is 14.3 Å². The molecule has 1 N–H and O–H groups in total. The monoisotopic (exact) mass is 410 g/mol. The number of carbonyl (C=O) groups is 2. The van der Waals surface area contributed by atoms with Gasteiger partial charge in [-0.05, 0) is 43.2 Å². The standard InChI is InChI=1S/C22H21ClN3O3/c1-12-8-9-16(13(2)10-12)24-19-17(14-6-5-7-15(23)11-14)18-20(27)25(3)22(28)26(4)21(18)29-19/h5-11,18,24H,1-4H3/q+1. The number of ether oxygens (including phenoxy) is 1. The number of fused-ring (bicyclic) bond motifs is 1. The van der Waals surface area contributed by atoms with Crippen LogP contribution in [-0.4, -0.2) is 41.4 Å². The van der Waals surface area contributed by atoms with Crippen molar-refractivity contribution in [1.29, 1.82) is 0 Å². The minimum Gasteiger partial charge on any atom is -0.408 e. The van der Waals surface area contributed by atoms with Crippen molar-refractivity contribution in [3.63, 3.8) is 0 Å². The zero-order valence-electron chi connectivity index (χ0n) is 16.6. The van der Waals surface area contributed by atoms with Crippen molar-refractivity contribution >= 4 is 40.7 Å². The predicted octanol–water partition coefficient (Wildman–Crippen LogP) is 4.02. The van der Waals surface area contributed by atoms with E-state index in [1.807, 2.05) is 38.1 Å². The van der Waals surface area contributed by atoms with Gasteiger partial charge in [0.05, 0.1) is 14.1 Å². The number of carbonyl (C=O) groups excluding carboxylic acids is 2. The van der Waals surface area contributed by atoms with Crippen LogP contribution in [0.15, 0.2) is 48.3 Å². The van der Waals surface area contributed by atoms with Crippen LogP contribution in [0.2, 0.25) is 5.02 Å². The maximum absolute atomic E-state index is 13.0. The van der Waals surface area contributed by atoms with Gasteiger partial charge in [0.15, 0.2) is 5.92 Å². The summed E-state index contributed by atoms with van der Waals surface area (Å²) in [5.41, 5.74) is 4.46. The Labute approximate surface area is 174 Å². The lowest BCUT2D eigenvalue weighted by molar-refractivity contribution is -0.415. The Morgan fingerprint density at radius 1 is 1.14 bits per heavy atom. The summed E-state index contributed by atoms with van der Waals surface area (Å²) in [6.07, 6.45) is 0. The van der Waals surface area contributed by atoms with E-state index < -0.39 is 11.9 Å². The maximum atomic E-state index is 13.0. The lowest BCUT2D eigenvalue weighted by atomic mass is 9.91. The SMILES string of the molecule is Cc1ccc(NC2=C(c3cccc(Cl)c3)C3C(=O)N(C)C(=O)[N+](C)=C3O2)c(C)c1. The molecule has 2 aliphatic rings. The Balaban J connectivity index is 1.89. The Bertz CT molecular complexity index is 1120. The summed E-state index contributed by atoms with van der Waals surface area (Å²) in [6, 6.07) is 12.9. The second kappa shape index (κ2) is 7.04. The molecule has 0 saturated heterocycles. The van der Waals surface area contributed by atoms with Gasteiger partial charge in [0.2, 0.25) is 5.88 Å². The second-order valence-corrected chi connectivity index (χ2v) is 7.75. The fourth-order valence-electron chi connectivity index (χ4n) is 3.69. The largest absolute Gasteiger partial charge is 0.502 e. The molecule has 0 radical (unpaired) electrons. The highest BCUT2D eigenvalue weighted by atomic mass is 35.5. The zero-order valence-corrected chi connectivity index (χ0v) is 17.4. The van der Waals surface area contributed by atoms with E-state index in [1.165, 1.54) is 11.6 Å². The van der Waals surface area contributed by atoms with Crippen LogP contribution < -0.4 is 5.32 Å². The van der Waals surface area contributed by atoms with Gasteiger partial charge >= 0.3 is 11.9 Å². The number of aryl methyl sites for hydroxylation is 2. The van der Waals surface area contributed by atoms with Crippen molar-refractivity contribution in [2.45, 2.75) is 13.8 Å². The molecule has 148 valence electrons. The number of hydrogen-bond donors (Lipinski definition) is 1. The first-order chi connectivity index (χ1) is 13.8. The molecule has 6 nitrogen and oxygen atoms in total. The van der Waals surface area contributed by atoms with E-state index in [-0.39, 0.29) is 5.91 Å². The van der Waals surface area contributed by atoms with E-state index in [0.717, 1.165) is 27.3 Å². The molecular formula is C22H21ClN3O3+. The predicted molar refractivity (Wildman–Crippen MR) is 112 cm³/mol. The van der Waals surface area contributed by atoms with E-state index in [0.29, 0.717) is 22.4 Å². The molecule has 0 spiro atoms. The van der Waals surface area contributed by atoms with Crippen LogP contribution >= 0.6 is 11.6 Å². The van der Waals surface area contributed by atoms with Crippen LogP contribution in [0.4, 0.5) is 10.5 Å². The van der Waals surface area contributed by atoms with Gasteiger partial charge < -0.3 is 10.1 Å². The zero-order chi connectivity index (χ0) is 20.9. The topological polar surface area (TPSA) is 61.7 Å². The second-order valence-electron chi connectivity index (χ2n) is 7.31. The van der Waals surface area contributed by atoms with Crippen LogP contribution in [0, 0.1) is 19.8 Å². The van der Waals surface area contributed by atoms with Gasteiger partial charge in [-0.1, -0.05) is 41.4 Å². The average molecular weight is 411 g/mol. The van der Waals surface area contributed by atoms with Crippen LogP contribution in [0.1, 0.15) is 16.7 Å². The van der Waals surface area contributed by atoms with Crippen molar-refractivity contribution < 1.29 is 18.9 Å². The number of benzene rings is 2. The molecule has 0 aliphatic carbocycles. The van der Waals surface area contributed by atoms with E-state index in [4.69, 9.17) is 16.3 Å². The first kappa shape index (κ1) is 19.2. The smallest absolute Gasteiger partial charge is 0.408 e. The third-order valence-electron chi connectivity index (χ3n) is 5.23. The number of amides is 3. The van der Waals surface area contributed by atoms with Gasteiger partial charge in [-0.3, -0.25) is 0 Å². The van der Waals surface area contributed by atoms with Crippen molar-refractivity contribution in [3.05, 3.63) is 70.1 Å². The number of urea groups is 1. The molecule has 2 aromatic rings. The summed E-state index contributed by atoms with van der Waals surface area (Å²) in [4.78, 5) is 26.5. The normalized spacial score (nSPS) is 18.9. The molecule has 29 heavy (non-hydrogen) atoms. The molecule has 2 aliphatic heterocycles. The molecule has 7 heteroatoms. The number of anilines is 1. The molecule has 0 aromatic heterocycles. The van der Waals surface area contributed by atoms with E-state index >= 15 is 0 Å². The fraction of sp³-hybridized carbons (Fsp3) is 0.227. The van der Waals surface area contributed by atoms with Gasteiger partial charge in [0, 0.05) is 16.3 Å². The molecule has 0 fully saturated rings. The first-order valence-corrected chi connectivity index (χ1v) is 9.60. The maximum Gasteiger partial charge on any atom is 0.502 e. The Morgan fingerprint density at radius 2 is 1.90 bits per heavy atom. The fourth-order valence-corrected chi connectivity index (χ4v) is 3.88. The summed E-state index contributed by atoms with van der Waals surface area (Å²) in [6.45, 7) is 4.03. The third kappa shape index (κ3) is 3.19. The minimum atomic E-state index is -0.727. The Hall–Kier alpha value is -3.12. The molecular weight excluding hydrogens is 390 g/mol. The van der Waals surface area contributed by atoms with Gasteiger partial charge in [0.25, 0.3) is 5.90 Å². The molecule has 0 saturated carbocycles. The molecule has 2 heterocycles. The summed E-state index contributed by atoms with van der Waals surface area (Å²) in [7, 11) is 3.08. The van der Waals surface area contributed by atoms with Gasteiger partial charge in [-0.15, -0.1) is 0 Å². The van der Waals surface area contributed by atoms with Crippen LogP contribution in [-0.2, 0) is 9.53 Å². The van der Waals surface area contributed by atoms with Crippen LogP contribution in [0.5, 0.6) is 0 Å². The van der Waals surface area contributed by atoms with E-state index in [2.05, 4.69) is 11.4 Å². The molecule has 0 bridgehead atoms. The quantitative estimate of drug-likeness (QED) is 0.776. The summed E-state index contributed by atoms with van der Waals surface area (Å²) >= 11 is 6.22. The van der Waals surface area contributed by atoms with Crippen molar-refractivity contribution in [2.24, 2.45) is 5.92 Å². The molecule has 4 rings (SSSR count).